The summed E-state index contributed by atoms with van der Waals surface area (Å²) in [6.45, 7) is 1.85. The summed E-state index contributed by atoms with van der Waals surface area (Å²) in [5.74, 6) is -0.831. The maximum absolute atomic E-state index is 14.3. The Hall–Kier alpha value is -3.94. The SMILES string of the molecule is Cc1ccc(Cl)cc1NC(=O)/C(C#N)=C/c1c(Cc2ccccc2F)ccc2ccccc12. The van der Waals surface area contributed by atoms with Crippen LogP contribution in [0.15, 0.2) is 84.4 Å². The van der Waals surface area contributed by atoms with Gasteiger partial charge in [0.1, 0.15) is 17.5 Å². The Morgan fingerprint density at radius 1 is 1.03 bits per heavy atom. The van der Waals surface area contributed by atoms with Crippen molar-refractivity contribution in [2.24, 2.45) is 0 Å². The molecule has 162 valence electrons. The number of nitrogens with one attached hydrogen (secondary N) is 1. The number of anilines is 1. The molecule has 0 aliphatic rings. The van der Waals surface area contributed by atoms with Gasteiger partial charge in [0.2, 0.25) is 0 Å². The largest absolute Gasteiger partial charge is 0.321 e. The van der Waals surface area contributed by atoms with Gasteiger partial charge in [-0.1, -0.05) is 72.3 Å². The molecule has 0 radical (unpaired) electrons. The number of halogens is 2. The van der Waals surface area contributed by atoms with Gasteiger partial charge in [0.15, 0.2) is 0 Å². The third-order valence-corrected chi connectivity index (χ3v) is 5.74. The summed E-state index contributed by atoms with van der Waals surface area (Å²) in [6, 6.07) is 25.4. The van der Waals surface area contributed by atoms with E-state index in [4.69, 9.17) is 11.6 Å². The van der Waals surface area contributed by atoms with Crippen LogP contribution in [0.3, 0.4) is 0 Å². The second kappa shape index (κ2) is 9.68. The van der Waals surface area contributed by atoms with Crippen molar-refractivity contribution in [1.29, 1.82) is 5.26 Å². The molecular formula is C28H20ClFN2O. The molecule has 0 aliphatic carbocycles. The summed E-state index contributed by atoms with van der Waals surface area (Å²) < 4.78 is 14.3. The minimum atomic E-state index is -0.535. The van der Waals surface area contributed by atoms with Crippen LogP contribution in [0.5, 0.6) is 0 Å². The summed E-state index contributed by atoms with van der Waals surface area (Å²) in [5.41, 5.74) is 3.39. The third kappa shape index (κ3) is 4.95. The fraction of sp³-hybridized carbons (Fsp3) is 0.0714. The molecule has 0 fully saturated rings. The van der Waals surface area contributed by atoms with Gasteiger partial charge >= 0.3 is 0 Å². The number of benzene rings is 4. The van der Waals surface area contributed by atoms with E-state index in [9.17, 15) is 14.4 Å². The van der Waals surface area contributed by atoms with Crippen LogP contribution in [-0.2, 0) is 11.2 Å². The Labute approximate surface area is 196 Å². The first kappa shape index (κ1) is 22.3. The molecule has 0 unspecified atom stereocenters. The summed E-state index contributed by atoms with van der Waals surface area (Å²) in [5, 5.41) is 14.9. The maximum atomic E-state index is 14.3. The zero-order valence-electron chi connectivity index (χ0n) is 17.9. The predicted molar refractivity (Wildman–Crippen MR) is 132 cm³/mol. The molecule has 0 saturated carbocycles. The minimum absolute atomic E-state index is 0.0551. The highest BCUT2D eigenvalue weighted by molar-refractivity contribution is 6.31. The van der Waals surface area contributed by atoms with Crippen molar-refractivity contribution in [2.75, 3.05) is 5.32 Å². The van der Waals surface area contributed by atoms with Gasteiger partial charge in [-0.15, -0.1) is 0 Å². The van der Waals surface area contributed by atoms with Gasteiger partial charge in [0, 0.05) is 17.1 Å². The van der Waals surface area contributed by atoms with Crippen molar-refractivity contribution in [1.82, 2.24) is 0 Å². The molecule has 0 aliphatic heterocycles. The number of carbonyl (C=O) groups is 1. The Morgan fingerprint density at radius 2 is 1.79 bits per heavy atom. The molecule has 5 heteroatoms. The van der Waals surface area contributed by atoms with Crippen molar-refractivity contribution in [3.8, 4) is 6.07 Å². The van der Waals surface area contributed by atoms with E-state index in [1.54, 1.807) is 42.5 Å². The van der Waals surface area contributed by atoms with Gasteiger partial charge in [-0.25, -0.2) is 4.39 Å². The average molecular weight is 455 g/mol. The van der Waals surface area contributed by atoms with Gasteiger partial charge in [-0.2, -0.15) is 5.26 Å². The van der Waals surface area contributed by atoms with Crippen LogP contribution in [0.4, 0.5) is 10.1 Å². The molecule has 1 amide bonds. The van der Waals surface area contributed by atoms with Crippen LogP contribution in [0, 0.1) is 24.1 Å². The summed E-state index contributed by atoms with van der Waals surface area (Å²) in [4.78, 5) is 13.0. The number of amides is 1. The molecule has 0 heterocycles. The molecule has 4 aromatic carbocycles. The van der Waals surface area contributed by atoms with Crippen molar-refractivity contribution < 1.29 is 9.18 Å². The molecule has 0 saturated heterocycles. The molecule has 33 heavy (non-hydrogen) atoms. The highest BCUT2D eigenvalue weighted by Crippen LogP contribution is 2.28. The second-order valence-corrected chi connectivity index (χ2v) is 8.15. The average Bonchev–Trinajstić information content (AvgIpc) is 2.82. The number of rotatable bonds is 5. The fourth-order valence-corrected chi connectivity index (χ4v) is 3.90. The molecule has 3 nitrogen and oxygen atoms in total. The first-order valence-corrected chi connectivity index (χ1v) is 10.8. The molecule has 0 atom stereocenters. The Balaban J connectivity index is 1.79. The van der Waals surface area contributed by atoms with E-state index >= 15 is 0 Å². The predicted octanol–water partition coefficient (Wildman–Crippen LogP) is 7.08. The van der Waals surface area contributed by atoms with E-state index in [-0.39, 0.29) is 11.4 Å². The number of hydrogen-bond donors (Lipinski definition) is 1. The molecule has 0 bridgehead atoms. The van der Waals surface area contributed by atoms with Crippen molar-refractivity contribution in [2.45, 2.75) is 13.3 Å². The Morgan fingerprint density at radius 3 is 2.58 bits per heavy atom. The van der Waals surface area contributed by atoms with E-state index in [0.717, 1.165) is 21.9 Å². The smallest absolute Gasteiger partial charge is 0.266 e. The first-order valence-electron chi connectivity index (χ1n) is 10.4. The highest BCUT2D eigenvalue weighted by Gasteiger charge is 2.15. The Bertz CT molecular complexity index is 1440. The third-order valence-electron chi connectivity index (χ3n) is 5.50. The van der Waals surface area contributed by atoms with Crippen LogP contribution in [-0.4, -0.2) is 5.91 Å². The Kier molecular flexibility index (Phi) is 6.53. The van der Waals surface area contributed by atoms with Crippen molar-refractivity contribution in [3.63, 3.8) is 0 Å². The number of hydrogen-bond acceptors (Lipinski definition) is 2. The van der Waals surface area contributed by atoms with Crippen LogP contribution in [0.2, 0.25) is 5.02 Å². The zero-order valence-corrected chi connectivity index (χ0v) is 18.7. The second-order valence-electron chi connectivity index (χ2n) is 7.71. The zero-order chi connectivity index (χ0) is 23.4. The monoisotopic (exact) mass is 454 g/mol. The van der Waals surface area contributed by atoms with Crippen LogP contribution in [0.1, 0.15) is 22.3 Å². The number of fused-ring (bicyclic) bond motifs is 1. The lowest BCUT2D eigenvalue weighted by Gasteiger charge is -2.12. The molecule has 4 rings (SSSR count). The van der Waals surface area contributed by atoms with Gasteiger partial charge in [-0.3, -0.25) is 4.79 Å². The fourth-order valence-electron chi connectivity index (χ4n) is 3.72. The first-order chi connectivity index (χ1) is 16.0. The number of nitriles is 1. The van der Waals surface area contributed by atoms with Gasteiger partial charge in [0.25, 0.3) is 5.91 Å². The number of nitrogens with zero attached hydrogens (tertiary/aromatic N) is 1. The van der Waals surface area contributed by atoms with Crippen LogP contribution in [0.25, 0.3) is 16.8 Å². The van der Waals surface area contributed by atoms with Gasteiger partial charge in [0.05, 0.1) is 0 Å². The van der Waals surface area contributed by atoms with E-state index in [2.05, 4.69) is 5.32 Å². The minimum Gasteiger partial charge on any atom is -0.321 e. The normalized spacial score (nSPS) is 11.3. The lowest BCUT2D eigenvalue weighted by molar-refractivity contribution is -0.112. The highest BCUT2D eigenvalue weighted by atomic mass is 35.5. The van der Waals surface area contributed by atoms with Crippen LogP contribution >= 0.6 is 11.6 Å². The molecular weight excluding hydrogens is 435 g/mol. The van der Waals surface area contributed by atoms with E-state index in [1.165, 1.54) is 6.07 Å². The maximum Gasteiger partial charge on any atom is 0.266 e. The summed E-state index contributed by atoms with van der Waals surface area (Å²) >= 11 is 6.06. The lowest BCUT2D eigenvalue weighted by atomic mass is 9.93. The van der Waals surface area contributed by atoms with Gasteiger partial charge < -0.3 is 5.32 Å². The molecule has 0 spiro atoms. The van der Waals surface area contributed by atoms with E-state index in [1.807, 2.05) is 49.4 Å². The quantitative estimate of drug-likeness (QED) is 0.259. The van der Waals surface area contributed by atoms with E-state index < -0.39 is 5.91 Å². The van der Waals surface area contributed by atoms with Crippen LogP contribution < -0.4 is 5.32 Å². The number of carbonyl (C=O) groups excluding carboxylic acids is 1. The topological polar surface area (TPSA) is 52.9 Å². The van der Waals surface area contributed by atoms with Crippen molar-refractivity contribution >= 4 is 40.0 Å². The summed E-state index contributed by atoms with van der Waals surface area (Å²) in [7, 11) is 0. The number of aryl methyl sites for hydroxylation is 1. The summed E-state index contributed by atoms with van der Waals surface area (Å²) in [6.07, 6.45) is 1.91. The molecule has 0 aromatic heterocycles. The lowest BCUT2D eigenvalue weighted by Crippen LogP contribution is -2.14. The molecule has 4 aromatic rings. The standard InChI is InChI=1S/C28H20ClFN2O/c1-18-10-13-23(29)16-27(18)32-28(33)22(17-31)15-25-20(14-21-7-3-5-9-26(21)30)12-11-19-6-2-4-8-24(19)25/h2-13,15-16H,14H2,1H3,(H,32,33)/b22-15+. The van der Waals surface area contributed by atoms with Crippen molar-refractivity contribution in [3.05, 3.63) is 118 Å². The molecule has 1 N–H and O–H groups in total. The van der Waals surface area contributed by atoms with Gasteiger partial charge in [-0.05, 0) is 64.2 Å². The van der Waals surface area contributed by atoms with E-state index in [0.29, 0.717) is 28.3 Å².